The first kappa shape index (κ1) is 17.3. The summed E-state index contributed by atoms with van der Waals surface area (Å²) < 4.78 is 6.11. The molecule has 3 unspecified atom stereocenters. The van der Waals surface area contributed by atoms with Crippen molar-refractivity contribution in [2.24, 2.45) is 16.0 Å². The van der Waals surface area contributed by atoms with E-state index in [4.69, 9.17) is 14.5 Å². The van der Waals surface area contributed by atoms with Crippen molar-refractivity contribution in [3.63, 3.8) is 0 Å². The van der Waals surface area contributed by atoms with Gasteiger partial charge in [-0.15, -0.1) is 0 Å². The minimum Gasteiger partial charge on any atom is -0.508 e. The van der Waals surface area contributed by atoms with Gasteiger partial charge in [-0.3, -0.25) is 0 Å². The number of benzene rings is 1. The molecule has 3 rings (SSSR count). The molecule has 0 amide bonds. The van der Waals surface area contributed by atoms with E-state index in [1.807, 2.05) is 0 Å². The minimum atomic E-state index is -1.08. The fourth-order valence-corrected chi connectivity index (χ4v) is 4.40. The molecule has 0 radical (unpaired) electrons. The maximum absolute atomic E-state index is 10.8. The lowest BCUT2D eigenvalue weighted by Gasteiger charge is -2.61. The second-order valence-corrected chi connectivity index (χ2v) is 8.44. The smallest absolute Gasteiger partial charge is 0.261 e. The van der Waals surface area contributed by atoms with Crippen LogP contribution in [0.25, 0.3) is 0 Å². The van der Waals surface area contributed by atoms with Crippen LogP contribution in [-0.2, 0) is 20.3 Å². The summed E-state index contributed by atoms with van der Waals surface area (Å²) >= 11 is 0. The minimum absolute atomic E-state index is 0.000547. The summed E-state index contributed by atoms with van der Waals surface area (Å²) in [4.78, 5) is 22.1. The third-order valence-corrected chi connectivity index (χ3v) is 5.41. The van der Waals surface area contributed by atoms with Crippen LogP contribution in [0.2, 0.25) is 0 Å². The van der Waals surface area contributed by atoms with Gasteiger partial charge in [0.1, 0.15) is 11.8 Å². The second kappa shape index (κ2) is 5.00. The van der Waals surface area contributed by atoms with Crippen LogP contribution in [0.4, 0.5) is 0 Å². The molecule has 3 atom stereocenters. The highest BCUT2D eigenvalue weighted by Gasteiger charge is 2.81. The number of ether oxygens (including phenoxy) is 1. The van der Waals surface area contributed by atoms with E-state index >= 15 is 0 Å². The predicted octanol–water partition coefficient (Wildman–Crippen LogP) is 4.18. The molecular formula is C18H25NO5. The lowest BCUT2D eigenvalue weighted by atomic mass is 9.57. The van der Waals surface area contributed by atoms with E-state index < -0.39 is 17.4 Å². The highest BCUT2D eigenvalue weighted by atomic mass is 17.3. The van der Waals surface area contributed by atoms with Crippen LogP contribution in [0.5, 0.6) is 5.75 Å². The average Bonchev–Trinajstić information content (AvgIpc) is 2.60. The zero-order valence-corrected chi connectivity index (χ0v) is 15.0. The summed E-state index contributed by atoms with van der Waals surface area (Å²) in [5.41, 5.74) is -0.0974. The van der Waals surface area contributed by atoms with Gasteiger partial charge >= 0.3 is 0 Å². The second-order valence-electron chi connectivity index (χ2n) is 8.44. The molecule has 0 saturated carbocycles. The highest BCUT2D eigenvalue weighted by molar-refractivity contribution is 5.43. The molecule has 2 aliphatic rings. The average molecular weight is 335 g/mol. The van der Waals surface area contributed by atoms with E-state index in [1.54, 1.807) is 25.1 Å². The maximum atomic E-state index is 10.8. The number of rotatable bonds is 3. The molecule has 2 saturated heterocycles. The summed E-state index contributed by atoms with van der Waals surface area (Å²) in [6, 6.07) is 4.46. The van der Waals surface area contributed by atoms with E-state index in [2.05, 4.69) is 39.8 Å². The Morgan fingerprint density at radius 2 is 1.92 bits per heavy atom. The maximum Gasteiger partial charge on any atom is 0.261 e. The zero-order chi connectivity index (χ0) is 18.0. The Balaban J connectivity index is 2.12. The van der Waals surface area contributed by atoms with Gasteiger partial charge < -0.3 is 9.84 Å². The van der Waals surface area contributed by atoms with Crippen molar-refractivity contribution >= 4 is 0 Å². The van der Waals surface area contributed by atoms with E-state index in [9.17, 15) is 10.0 Å². The van der Waals surface area contributed by atoms with Crippen molar-refractivity contribution < 1.29 is 19.6 Å². The van der Waals surface area contributed by atoms with Crippen molar-refractivity contribution in [2.75, 3.05) is 6.61 Å². The van der Waals surface area contributed by atoms with Crippen LogP contribution in [0, 0.1) is 15.7 Å². The molecule has 132 valence electrons. The number of nitroso groups, excluding NO2 is 1. The molecule has 0 spiro atoms. The van der Waals surface area contributed by atoms with Crippen molar-refractivity contribution in [3.05, 3.63) is 34.2 Å². The number of hydrogen-bond acceptors (Lipinski definition) is 6. The van der Waals surface area contributed by atoms with E-state index in [-0.39, 0.29) is 16.6 Å². The zero-order valence-electron chi connectivity index (χ0n) is 15.0. The molecule has 0 aromatic heterocycles. The Labute approximate surface area is 142 Å². The SMILES string of the molecule is CC(N=O)c1ccc(C23OCC(C)(C)C2(C(C)(C)C)OO3)cc1O. The Bertz CT molecular complexity index is 680. The lowest BCUT2D eigenvalue weighted by Crippen LogP contribution is -2.73. The van der Waals surface area contributed by atoms with Gasteiger partial charge in [0.05, 0.1) is 6.61 Å². The number of phenolic OH excluding ortho intramolecular Hbond substituents is 1. The van der Waals surface area contributed by atoms with Crippen LogP contribution in [0.1, 0.15) is 58.7 Å². The molecule has 6 nitrogen and oxygen atoms in total. The van der Waals surface area contributed by atoms with Gasteiger partial charge in [0.25, 0.3) is 5.79 Å². The fraction of sp³-hybridized carbons (Fsp3) is 0.667. The molecule has 2 fully saturated rings. The molecule has 1 aromatic carbocycles. The molecule has 1 aromatic rings. The van der Waals surface area contributed by atoms with E-state index in [1.165, 1.54) is 0 Å². The summed E-state index contributed by atoms with van der Waals surface area (Å²) in [5, 5.41) is 13.3. The number of nitrogens with zero attached hydrogens (tertiary/aromatic N) is 1. The van der Waals surface area contributed by atoms with Crippen molar-refractivity contribution in [3.8, 4) is 5.75 Å². The predicted molar refractivity (Wildman–Crippen MR) is 88.1 cm³/mol. The van der Waals surface area contributed by atoms with Crippen molar-refractivity contribution in [1.29, 1.82) is 0 Å². The quantitative estimate of drug-likeness (QED) is 0.662. The van der Waals surface area contributed by atoms with Gasteiger partial charge in [-0.25, -0.2) is 4.89 Å². The molecule has 1 N–H and O–H groups in total. The van der Waals surface area contributed by atoms with Crippen LogP contribution in [-0.4, -0.2) is 17.3 Å². The molecule has 6 heteroatoms. The topological polar surface area (TPSA) is 77.4 Å². The monoisotopic (exact) mass is 335 g/mol. The molecule has 0 bridgehead atoms. The molecule has 2 heterocycles. The number of fused-ring (bicyclic) bond motifs is 1. The summed E-state index contributed by atoms with van der Waals surface area (Å²) in [7, 11) is 0. The van der Waals surface area contributed by atoms with Crippen molar-refractivity contribution in [1.82, 2.24) is 0 Å². The first-order chi connectivity index (χ1) is 11.0. The third kappa shape index (κ3) is 1.87. The van der Waals surface area contributed by atoms with Crippen LogP contribution >= 0.6 is 0 Å². The Morgan fingerprint density at radius 1 is 1.25 bits per heavy atom. The van der Waals surface area contributed by atoms with Gasteiger partial charge in [-0.1, -0.05) is 51.9 Å². The first-order valence-electron chi connectivity index (χ1n) is 8.19. The summed E-state index contributed by atoms with van der Waals surface area (Å²) in [6.07, 6.45) is 0. The van der Waals surface area contributed by atoms with E-state index in [0.717, 1.165) is 0 Å². The Kier molecular flexibility index (Phi) is 3.61. The number of hydrogen-bond donors (Lipinski definition) is 1. The Morgan fingerprint density at radius 3 is 2.38 bits per heavy atom. The third-order valence-electron chi connectivity index (χ3n) is 5.41. The van der Waals surface area contributed by atoms with Crippen LogP contribution in [0.3, 0.4) is 0 Å². The van der Waals surface area contributed by atoms with Gasteiger partial charge in [-0.2, -0.15) is 9.79 Å². The summed E-state index contributed by atoms with van der Waals surface area (Å²) in [5.74, 6) is -1.08. The molecular weight excluding hydrogens is 310 g/mol. The van der Waals surface area contributed by atoms with Gasteiger partial charge in [-0.05, 0) is 13.0 Å². The normalized spacial score (nSPS) is 32.8. The fourth-order valence-electron chi connectivity index (χ4n) is 4.40. The molecule has 2 aliphatic heterocycles. The van der Waals surface area contributed by atoms with E-state index in [0.29, 0.717) is 17.7 Å². The van der Waals surface area contributed by atoms with Crippen LogP contribution in [0.15, 0.2) is 23.4 Å². The Hall–Kier alpha value is -1.50. The number of aromatic hydroxyl groups is 1. The van der Waals surface area contributed by atoms with Crippen LogP contribution < -0.4 is 0 Å². The van der Waals surface area contributed by atoms with Gasteiger partial charge in [0, 0.05) is 22.0 Å². The van der Waals surface area contributed by atoms with Crippen molar-refractivity contribution in [2.45, 2.75) is 59.0 Å². The molecule has 24 heavy (non-hydrogen) atoms. The summed E-state index contributed by atoms with van der Waals surface area (Å²) in [6.45, 7) is 12.6. The highest BCUT2D eigenvalue weighted by Crippen LogP contribution is 2.69. The largest absolute Gasteiger partial charge is 0.508 e. The van der Waals surface area contributed by atoms with Gasteiger partial charge in [0.15, 0.2) is 5.60 Å². The standard InChI is InChI=1S/C18H25NO5/c1-11(19-21)13-8-7-12(9-14(13)20)17-18(24-23-17,15(2,3)4)16(5,6)10-22-17/h7-9,11,20H,10H2,1-6H3. The lowest BCUT2D eigenvalue weighted by molar-refractivity contribution is -0.626. The van der Waals surface area contributed by atoms with Gasteiger partial charge in [0.2, 0.25) is 0 Å². The molecule has 0 aliphatic carbocycles. The first-order valence-corrected chi connectivity index (χ1v) is 8.19. The number of phenols is 1.